The van der Waals surface area contributed by atoms with Crippen molar-refractivity contribution in [3.8, 4) is 5.75 Å². The van der Waals surface area contributed by atoms with Crippen LogP contribution in [0.2, 0.25) is 5.02 Å². The van der Waals surface area contributed by atoms with Crippen LogP contribution in [0.25, 0.3) is 0 Å². The third kappa shape index (κ3) is 7.58. The molecule has 2 rings (SSSR count). The number of Topliss-reactive ketones (excluding diaryl/α,β-unsaturated/α-hetero) is 1. The summed E-state index contributed by atoms with van der Waals surface area (Å²) in [5.74, 6) is -0.524. The molecule has 0 unspecified atom stereocenters. The highest BCUT2D eigenvalue weighted by atomic mass is 35.5. The predicted octanol–water partition coefficient (Wildman–Crippen LogP) is 4.12. The number of ether oxygens (including phenoxy) is 2. The Hall–Kier alpha value is -2.86. The lowest BCUT2D eigenvalue weighted by Crippen LogP contribution is -2.31. The van der Waals surface area contributed by atoms with Gasteiger partial charge < -0.3 is 14.8 Å². The maximum absolute atomic E-state index is 12.1. The summed E-state index contributed by atoms with van der Waals surface area (Å²) in [6, 6.07) is 13.6. The van der Waals surface area contributed by atoms with Crippen molar-refractivity contribution in [2.75, 3.05) is 13.2 Å². The van der Waals surface area contributed by atoms with E-state index in [1.807, 2.05) is 13.0 Å². The van der Waals surface area contributed by atoms with E-state index in [4.69, 9.17) is 21.1 Å². The van der Waals surface area contributed by atoms with E-state index in [9.17, 15) is 14.4 Å². The molecule has 6 nitrogen and oxygen atoms in total. The molecule has 1 atom stereocenters. The summed E-state index contributed by atoms with van der Waals surface area (Å²) in [6.45, 7) is 3.83. The van der Waals surface area contributed by atoms with Gasteiger partial charge in [-0.2, -0.15) is 0 Å². The van der Waals surface area contributed by atoms with Crippen molar-refractivity contribution in [3.63, 3.8) is 0 Å². The summed E-state index contributed by atoms with van der Waals surface area (Å²) in [4.78, 5) is 35.9. The van der Waals surface area contributed by atoms with Crippen LogP contribution < -0.4 is 10.1 Å². The maximum Gasteiger partial charge on any atom is 0.306 e. The minimum atomic E-state index is -0.602. The van der Waals surface area contributed by atoms with Crippen LogP contribution in [-0.2, 0) is 14.3 Å². The van der Waals surface area contributed by atoms with Gasteiger partial charge in [0.2, 0.25) is 0 Å². The maximum atomic E-state index is 12.1. The van der Waals surface area contributed by atoms with Gasteiger partial charge in [-0.25, -0.2) is 0 Å². The van der Waals surface area contributed by atoms with Crippen molar-refractivity contribution >= 4 is 29.3 Å². The second-order valence-electron chi connectivity index (χ2n) is 6.39. The molecule has 154 valence electrons. The zero-order chi connectivity index (χ0) is 21.2. The Bertz CT molecular complexity index is 851. The van der Waals surface area contributed by atoms with Crippen LogP contribution in [0.1, 0.15) is 48.7 Å². The van der Waals surface area contributed by atoms with E-state index in [0.29, 0.717) is 22.9 Å². The van der Waals surface area contributed by atoms with Gasteiger partial charge in [-0.1, -0.05) is 23.7 Å². The molecule has 1 N–H and O–H groups in total. The number of ketones is 1. The van der Waals surface area contributed by atoms with Gasteiger partial charge in [0.05, 0.1) is 19.1 Å². The molecule has 0 bridgehead atoms. The van der Waals surface area contributed by atoms with E-state index >= 15 is 0 Å². The second kappa shape index (κ2) is 11.2. The number of halogens is 1. The van der Waals surface area contributed by atoms with E-state index in [-0.39, 0.29) is 24.7 Å². The lowest BCUT2D eigenvalue weighted by molar-refractivity contribution is -0.148. The quantitative estimate of drug-likeness (QED) is 0.464. The highest BCUT2D eigenvalue weighted by molar-refractivity contribution is 6.30. The fourth-order valence-electron chi connectivity index (χ4n) is 2.62. The highest BCUT2D eigenvalue weighted by Crippen LogP contribution is 2.17. The average molecular weight is 418 g/mol. The molecule has 1 amide bonds. The van der Waals surface area contributed by atoms with Crippen molar-refractivity contribution in [2.24, 2.45) is 0 Å². The molecule has 29 heavy (non-hydrogen) atoms. The van der Waals surface area contributed by atoms with Gasteiger partial charge in [0, 0.05) is 17.0 Å². The van der Waals surface area contributed by atoms with Gasteiger partial charge >= 0.3 is 5.97 Å². The standard InChI is InChI=1S/C22H24ClNO5/c1-3-28-19-9-7-16(8-10-19)20(25)11-12-22(27)29-14-21(26)24-15(2)17-5-4-6-18(23)13-17/h4-10,13,15H,3,11-12,14H2,1-2H3,(H,24,26)/t15-/m0/s1. The molecule has 0 spiro atoms. The molecule has 2 aromatic carbocycles. The first-order chi connectivity index (χ1) is 13.9. The first kappa shape index (κ1) is 22.4. The Morgan fingerprint density at radius 1 is 1.07 bits per heavy atom. The minimum Gasteiger partial charge on any atom is -0.494 e. The number of carbonyl (C=O) groups excluding carboxylic acids is 3. The summed E-state index contributed by atoms with van der Waals surface area (Å²) in [6.07, 6.45) is -0.0868. The molecule has 0 aliphatic heterocycles. The third-order valence-electron chi connectivity index (χ3n) is 4.13. The van der Waals surface area contributed by atoms with Crippen molar-refractivity contribution in [3.05, 3.63) is 64.7 Å². The van der Waals surface area contributed by atoms with Gasteiger partial charge in [0.1, 0.15) is 5.75 Å². The van der Waals surface area contributed by atoms with Crippen LogP contribution in [0, 0.1) is 0 Å². The third-order valence-corrected chi connectivity index (χ3v) is 4.37. The molecule has 0 saturated carbocycles. The van der Waals surface area contributed by atoms with Crippen LogP contribution in [0.3, 0.4) is 0 Å². The Balaban J connectivity index is 1.72. The van der Waals surface area contributed by atoms with E-state index in [1.54, 1.807) is 49.4 Å². The average Bonchev–Trinajstić information content (AvgIpc) is 2.71. The molecule has 0 aromatic heterocycles. The zero-order valence-electron chi connectivity index (χ0n) is 16.4. The highest BCUT2D eigenvalue weighted by Gasteiger charge is 2.14. The minimum absolute atomic E-state index is 0.00729. The lowest BCUT2D eigenvalue weighted by atomic mass is 10.1. The zero-order valence-corrected chi connectivity index (χ0v) is 17.2. The van der Waals surface area contributed by atoms with Gasteiger partial charge in [-0.15, -0.1) is 0 Å². The second-order valence-corrected chi connectivity index (χ2v) is 6.82. The summed E-state index contributed by atoms with van der Waals surface area (Å²) in [5.41, 5.74) is 1.34. The number of hydrogen-bond donors (Lipinski definition) is 1. The Morgan fingerprint density at radius 2 is 1.79 bits per heavy atom. The summed E-state index contributed by atoms with van der Waals surface area (Å²) < 4.78 is 10.3. The monoisotopic (exact) mass is 417 g/mol. The van der Waals surface area contributed by atoms with Crippen molar-refractivity contribution in [1.82, 2.24) is 5.32 Å². The molecule has 2 aromatic rings. The smallest absolute Gasteiger partial charge is 0.306 e. The predicted molar refractivity (Wildman–Crippen MR) is 110 cm³/mol. The number of carbonyl (C=O) groups is 3. The van der Waals surface area contributed by atoms with Crippen molar-refractivity contribution < 1.29 is 23.9 Å². The molecule has 0 aliphatic rings. The van der Waals surface area contributed by atoms with Crippen LogP contribution in [0.4, 0.5) is 0 Å². The SMILES string of the molecule is CCOc1ccc(C(=O)CCC(=O)OCC(=O)N[C@@H](C)c2cccc(Cl)c2)cc1. The van der Waals surface area contributed by atoms with Crippen LogP contribution in [0.15, 0.2) is 48.5 Å². The van der Waals surface area contributed by atoms with Gasteiger partial charge in [-0.3, -0.25) is 14.4 Å². The Kier molecular flexibility index (Phi) is 8.68. The summed E-state index contributed by atoms with van der Waals surface area (Å²) in [5, 5.41) is 3.31. The molecular weight excluding hydrogens is 394 g/mol. The van der Waals surface area contributed by atoms with E-state index < -0.39 is 18.5 Å². The first-order valence-corrected chi connectivity index (χ1v) is 9.73. The number of amides is 1. The van der Waals surface area contributed by atoms with Crippen LogP contribution in [0.5, 0.6) is 5.75 Å². The lowest BCUT2D eigenvalue weighted by Gasteiger charge is -2.14. The van der Waals surface area contributed by atoms with Gasteiger partial charge in [0.15, 0.2) is 12.4 Å². The van der Waals surface area contributed by atoms with Crippen molar-refractivity contribution in [2.45, 2.75) is 32.7 Å². The Labute approximate surface area is 175 Å². The molecule has 0 heterocycles. The number of esters is 1. The van der Waals surface area contributed by atoms with Gasteiger partial charge in [-0.05, 0) is 55.8 Å². The molecule has 0 fully saturated rings. The molecule has 0 aliphatic carbocycles. The number of rotatable bonds is 10. The molecule has 0 radical (unpaired) electrons. The topological polar surface area (TPSA) is 81.7 Å². The molecule has 0 saturated heterocycles. The largest absolute Gasteiger partial charge is 0.494 e. The van der Waals surface area contributed by atoms with Crippen molar-refractivity contribution in [1.29, 1.82) is 0 Å². The van der Waals surface area contributed by atoms with Gasteiger partial charge in [0.25, 0.3) is 5.91 Å². The van der Waals surface area contributed by atoms with E-state index in [0.717, 1.165) is 5.56 Å². The first-order valence-electron chi connectivity index (χ1n) is 9.35. The summed E-state index contributed by atoms with van der Waals surface area (Å²) in [7, 11) is 0. The van der Waals surface area contributed by atoms with Crippen LogP contribution in [-0.4, -0.2) is 30.9 Å². The summed E-state index contributed by atoms with van der Waals surface area (Å²) >= 11 is 5.94. The molecule has 7 heteroatoms. The fourth-order valence-corrected chi connectivity index (χ4v) is 2.82. The normalized spacial score (nSPS) is 11.4. The number of hydrogen-bond acceptors (Lipinski definition) is 5. The number of nitrogens with one attached hydrogen (secondary N) is 1. The Morgan fingerprint density at radius 3 is 2.45 bits per heavy atom. The number of benzene rings is 2. The fraction of sp³-hybridized carbons (Fsp3) is 0.318. The molecular formula is C22H24ClNO5. The van der Waals surface area contributed by atoms with Crippen LogP contribution >= 0.6 is 11.6 Å². The van der Waals surface area contributed by atoms with E-state index in [2.05, 4.69) is 5.32 Å². The van der Waals surface area contributed by atoms with E-state index in [1.165, 1.54) is 0 Å².